The lowest BCUT2D eigenvalue weighted by Gasteiger charge is -2.14. The van der Waals surface area contributed by atoms with Gasteiger partial charge in [0.1, 0.15) is 0 Å². The van der Waals surface area contributed by atoms with Gasteiger partial charge < -0.3 is 10.6 Å². The first-order chi connectivity index (χ1) is 13.8. The van der Waals surface area contributed by atoms with Crippen molar-refractivity contribution in [3.63, 3.8) is 0 Å². The average Bonchev–Trinajstić information content (AvgIpc) is 2.93. The molecule has 3 rings (SSSR count). The van der Waals surface area contributed by atoms with Gasteiger partial charge in [-0.3, -0.25) is 14.5 Å². The van der Waals surface area contributed by atoms with E-state index in [1.807, 2.05) is 0 Å². The molecule has 0 atom stereocenters. The number of rotatable bonds is 7. The zero-order valence-corrected chi connectivity index (χ0v) is 16.2. The van der Waals surface area contributed by atoms with Crippen molar-refractivity contribution < 1.29 is 22.8 Å². The third-order valence-corrected chi connectivity index (χ3v) is 5.38. The number of nitrogens with one attached hydrogen (secondary N) is 2. The number of nitrogens with zero attached hydrogens (tertiary/aromatic N) is 1. The lowest BCUT2D eigenvalue weighted by atomic mass is 10.1. The first-order valence-electron chi connectivity index (χ1n) is 8.86. The molecular weight excluding hydrogens is 396 g/mol. The number of urea groups is 1. The van der Waals surface area contributed by atoms with E-state index in [1.165, 1.54) is 12.1 Å². The van der Waals surface area contributed by atoms with Crippen molar-refractivity contribution in [3.05, 3.63) is 65.2 Å². The highest BCUT2D eigenvalue weighted by Crippen LogP contribution is 2.21. The molecule has 0 radical (unpaired) electrons. The van der Waals surface area contributed by atoms with E-state index in [1.54, 1.807) is 36.4 Å². The fourth-order valence-electron chi connectivity index (χ4n) is 2.95. The number of carbonyl (C=O) groups is 3. The molecule has 1 heterocycles. The lowest BCUT2D eigenvalue weighted by Crippen LogP contribution is -2.42. The molecule has 0 saturated heterocycles. The summed E-state index contributed by atoms with van der Waals surface area (Å²) in [4.78, 5) is 37.5. The predicted molar refractivity (Wildman–Crippen MR) is 105 cm³/mol. The molecule has 29 heavy (non-hydrogen) atoms. The topological polar surface area (TPSA) is 139 Å². The third-order valence-electron chi connectivity index (χ3n) is 4.45. The van der Waals surface area contributed by atoms with Crippen molar-refractivity contribution in [1.82, 2.24) is 15.5 Å². The SMILES string of the molecule is NS(=O)(=O)c1ccc(CCNC(=O)NCCN2C(=O)c3ccccc3C2=O)cc1. The number of amides is 4. The Kier molecular flexibility index (Phi) is 5.95. The number of benzene rings is 2. The summed E-state index contributed by atoms with van der Waals surface area (Å²) >= 11 is 0. The van der Waals surface area contributed by atoms with E-state index < -0.39 is 16.1 Å². The molecule has 4 N–H and O–H groups in total. The smallest absolute Gasteiger partial charge is 0.314 e. The summed E-state index contributed by atoms with van der Waals surface area (Å²) in [6.07, 6.45) is 0.497. The summed E-state index contributed by atoms with van der Waals surface area (Å²) in [5.41, 5.74) is 1.58. The van der Waals surface area contributed by atoms with Crippen LogP contribution in [0.3, 0.4) is 0 Å². The quantitative estimate of drug-likeness (QED) is 0.563. The maximum atomic E-state index is 12.2. The van der Waals surface area contributed by atoms with E-state index in [9.17, 15) is 22.8 Å². The van der Waals surface area contributed by atoms with E-state index in [0.29, 0.717) is 24.1 Å². The predicted octanol–water partition coefficient (Wildman–Crippen LogP) is 0.472. The van der Waals surface area contributed by atoms with Crippen LogP contribution in [0.4, 0.5) is 4.79 Å². The summed E-state index contributed by atoms with van der Waals surface area (Å²) in [6.45, 7) is 0.530. The van der Waals surface area contributed by atoms with Crippen LogP contribution < -0.4 is 15.8 Å². The van der Waals surface area contributed by atoms with Crippen LogP contribution in [0.5, 0.6) is 0 Å². The van der Waals surface area contributed by atoms with Gasteiger partial charge >= 0.3 is 6.03 Å². The highest BCUT2D eigenvalue weighted by molar-refractivity contribution is 7.89. The van der Waals surface area contributed by atoms with Gasteiger partial charge in [-0.15, -0.1) is 0 Å². The Morgan fingerprint density at radius 1 is 0.897 bits per heavy atom. The summed E-state index contributed by atoms with van der Waals surface area (Å²) in [7, 11) is -3.73. The Morgan fingerprint density at radius 3 is 2.00 bits per heavy atom. The van der Waals surface area contributed by atoms with Crippen molar-refractivity contribution in [1.29, 1.82) is 0 Å². The molecule has 4 amide bonds. The maximum absolute atomic E-state index is 12.2. The molecule has 152 valence electrons. The Labute approximate surface area is 167 Å². The second-order valence-corrected chi connectivity index (χ2v) is 7.99. The van der Waals surface area contributed by atoms with Crippen molar-refractivity contribution in [2.24, 2.45) is 5.14 Å². The van der Waals surface area contributed by atoms with Gasteiger partial charge in [0.05, 0.1) is 16.0 Å². The van der Waals surface area contributed by atoms with E-state index in [4.69, 9.17) is 5.14 Å². The second kappa shape index (κ2) is 8.41. The van der Waals surface area contributed by atoms with Gasteiger partial charge in [-0.2, -0.15) is 0 Å². The fourth-order valence-corrected chi connectivity index (χ4v) is 3.47. The summed E-state index contributed by atoms with van der Waals surface area (Å²) < 4.78 is 22.4. The number of carbonyl (C=O) groups excluding carboxylic acids is 3. The molecular formula is C19H20N4O5S. The maximum Gasteiger partial charge on any atom is 0.314 e. The summed E-state index contributed by atoms with van der Waals surface area (Å²) in [5.74, 6) is -0.730. The van der Waals surface area contributed by atoms with Gasteiger partial charge in [-0.05, 0) is 36.2 Å². The Hall–Kier alpha value is -3.24. The highest BCUT2D eigenvalue weighted by atomic mass is 32.2. The molecule has 2 aromatic carbocycles. The van der Waals surface area contributed by atoms with Gasteiger partial charge in [0.25, 0.3) is 11.8 Å². The molecule has 1 aliphatic rings. The number of primary sulfonamides is 1. The summed E-state index contributed by atoms with van der Waals surface area (Å²) in [6, 6.07) is 12.2. The molecule has 0 unspecified atom stereocenters. The number of hydrogen-bond acceptors (Lipinski definition) is 5. The Bertz CT molecular complexity index is 1020. The van der Waals surface area contributed by atoms with Gasteiger partial charge in [-0.25, -0.2) is 18.4 Å². The van der Waals surface area contributed by atoms with Crippen molar-refractivity contribution in [3.8, 4) is 0 Å². The molecule has 10 heteroatoms. The fraction of sp³-hybridized carbons (Fsp3) is 0.211. The molecule has 0 bridgehead atoms. The lowest BCUT2D eigenvalue weighted by molar-refractivity contribution is 0.0656. The molecule has 0 aliphatic carbocycles. The van der Waals surface area contributed by atoms with Gasteiger partial charge in [0.15, 0.2) is 0 Å². The molecule has 0 fully saturated rings. The van der Waals surface area contributed by atoms with Gasteiger partial charge in [-0.1, -0.05) is 24.3 Å². The van der Waals surface area contributed by atoms with Crippen LogP contribution >= 0.6 is 0 Å². The minimum Gasteiger partial charge on any atom is -0.338 e. The van der Waals surface area contributed by atoms with E-state index in [0.717, 1.165) is 10.5 Å². The van der Waals surface area contributed by atoms with E-state index >= 15 is 0 Å². The van der Waals surface area contributed by atoms with Crippen molar-refractivity contribution in [2.45, 2.75) is 11.3 Å². The summed E-state index contributed by atoms with van der Waals surface area (Å²) in [5, 5.41) is 10.3. The Balaban J connectivity index is 1.40. The van der Waals surface area contributed by atoms with Crippen LogP contribution in [-0.2, 0) is 16.4 Å². The largest absolute Gasteiger partial charge is 0.338 e. The second-order valence-electron chi connectivity index (χ2n) is 6.43. The van der Waals surface area contributed by atoms with Crippen LogP contribution in [0, 0.1) is 0 Å². The zero-order valence-electron chi connectivity index (χ0n) is 15.4. The van der Waals surface area contributed by atoms with Crippen molar-refractivity contribution >= 4 is 27.9 Å². The molecule has 0 aromatic heterocycles. The standard InChI is InChI=1S/C19H20N4O5S/c20-29(27,28)14-7-5-13(6-8-14)9-10-21-19(26)22-11-12-23-17(24)15-3-1-2-4-16(15)18(23)25/h1-8H,9-12H2,(H2,20,27,28)(H2,21,22,26). The van der Waals surface area contributed by atoms with Crippen LogP contribution in [0.25, 0.3) is 0 Å². The Morgan fingerprint density at radius 2 is 1.45 bits per heavy atom. The number of hydrogen-bond donors (Lipinski definition) is 3. The highest BCUT2D eigenvalue weighted by Gasteiger charge is 2.34. The average molecular weight is 416 g/mol. The van der Waals surface area contributed by atoms with Crippen LogP contribution in [0.15, 0.2) is 53.4 Å². The molecule has 2 aromatic rings. The van der Waals surface area contributed by atoms with Gasteiger partial charge in [0, 0.05) is 19.6 Å². The minimum atomic E-state index is -3.73. The molecule has 0 saturated carbocycles. The van der Waals surface area contributed by atoms with Gasteiger partial charge in [0.2, 0.25) is 10.0 Å². The third kappa shape index (κ3) is 4.79. The van der Waals surface area contributed by atoms with Crippen LogP contribution in [0.1, 0.15) is 26.3 Å². The molecule has 0 spiro atoms. The first-order valence-corrected chi connectivity index (χ1v) is 10.4. The minimum absolute atomic E-state index is 0.0279. The molecule has 9 nitrogen and oxygen atoms in total. The van der Waals surface area contributed by atoms with Crippen LogP contribution in [0.2, 0.25) is 0 Å². The molecule has 1 aliphatic heterocycles. The zero-order chi connectivity index (χ0) is 21.0. The monoisotopic (exact) mass is 416 g/mol. The van der Waals surface area contributed by atoms with Crippen molar-refractivity contribution in [2.75, 3.05) is 19.6 Å². The van der Waals surface area contributed by atoms with E-state index in [-0.39, 0.29) is 29.8 Å². The van der Waals surface area contributed by atoms with Crippen LogP contribution in [-0.4, -0.2) is 50.8 Å². The van der Waals surface area contributed by atoms with E-state index in [2.05, 4.69) is 10.6 Å². The first kappa shape index (κ1) is 20.5. The number of fused-ring (bicyclic) bond motifs is 1. The number of sulfonamides is 1. The number of nitrogens with two attached hydrogens (primary N) is 1. The normalized spacial score (nSPS) is 13.3. The number of imide groups is 1.